The summed E-state index contributed by atoms with van der Waals surface area (Å²) in [6.07, 6.45) is 11.4. The topological polar surface area (TPSA) is 94.8 Å². The van der Waals surface area contributed by atoms with Crippen LogP contribution in [-0.4, -0.2) is 39.3 Å². The molecule has 1 saturated carbocycles. The number of aliphatic hydroxyl groups excluding tert-OH is 2. The van der Waals surface area contributed by atoms with E-state index < -0.39 is 24.1 Å². The Morgan fingerprint density at radius 3 is 2.54 bits per heavy atom. The van der Waals surface area contributed by atoms with Gasteiger partial charge in [-0.15, -0.1) is 0 Å². The van der Waals surface area contributed by atoms with Gasteiger partial charge in [0, 0.05) is 24.2 Å². The molecular formula is C23H38O5. The third kappa shape index (κ3) is 7.88. The summed E-state index contributed by atoms with van der Waals surface area (Å²) in [7, 11) is 0. The number of unbranched alkanes of at least 4 members (excludes halogenated alkanes) is 4. The standard InChI is InChI=1S/C23H38O5/c1-4-5-6-9-12-18(24)15-16(2)21-19(22(27)17(3)23(21)28)13-10-7-8-11-14-20(25)26/h7,10,15,17-19,21,23-24,28H,4-6,8-9,11-14H2,1-3H3,(H,25,26)/b10-7-,16-15+/t17?,18-,19+,21+,23+/m0/s1. The first-order valence-electron chi connectivity index (χ1n) is 10.7. The summed E-state index contributed by atoms with van der Waals surface area (Å²) < 4.78 is 0. The third-order valence-corrected chi connectivity index (χ3v) is 5.78. The molecule has 0 amide bonds. The molecular weight excluding hydrogens is 356 g/mol. The number of carbonyl (C=O) groups is 2. The maximum atomic E-state index is 12.6. The number of ketones is 1. The molecule has 0 aromatic rings. The Balaban J connectivity index is 2.68. The van der Waals surface area contributed by atoms with Crippen molar-refractivity contribution in [3.05, 3.63) is 23.8 Å². The molecule has 3 N–H and O–H groups in total. The number of carboxylic acid groups (broad SMARTS) is 1. The molecule has 0 aromatic carbocycles. The van der Waals surface area contributed by atoms with Crippen LogP contribution in [0.25, 0.3) is 0 Å². The number of hydrogen-bond acceptors (Lipinski definition) is 4. The van der Waals surface area contributed by atoms with E-state index in [-0.39, 0.29) is 24.0 Å². The number of hydrogen-bond donors (Lipinski definition) is 3. The van der Waals surface area contributed by atoms with Crippen LogP contribution in [0.1, 0.15) is 78.6 Å². The van der Waals surface area contributed by atoms with E-state index >= 15 is 0 Å². The largest absolute Gasteiger partial charge is 0.481 e. The lowest BCUT2D eigenvalue weighted by atomic mass is 9.84. The highest BCUT2D eigenvalue weighted by molar-refractivity contribution is 5.87. The van der Waals surface area contributed by atoms with Crippen LogP contribution in [0, 0.1) is 17.8 Å². The molecule has 5 nitrogen and oxygen atoms in total. The Kier molecular flexibility index (Phi) is 11.3. The molecule has 0 aliphatic heterocycles. The van der Waals surface area contributed by atoms with Gasteiger partial charge in [0.05, 0.1) is 12.2 Å². The number of allylic oxidation sites excluding steroid dienone is 2. The lowest BCUT2D eigenvalue weighted by Crippen LogP contribution is -2.24. The summed E-state index contributed by atoms with van der Waals surface area (Å²) in [5, 5.41) is 29.6. The van der Waals surface area contributed by atoms with Crippen molar-refractivity contribution in [3.8, 4) is 0 Å². The van der Waals surface area contributed by atoms with Gasteiger partial charge in [-0.3, -0.25) is 9.59 Å². The van der Waals surface area contributed by atoms with E-state index in [0.29, 0.717) is 25.7 Å². The lowest BCUT2D eigenvalue weighted by Gasteiger charge is -2.22. The van der Waals surface area contributed by atoms with Crippen LogP contribution >= 0.6 is 0 Å². The van der Waals surface area contributed by atoms with E-state index in [0.717, 1.165) is 24.8 Å². The van der Waals surface area contributed by atoms with E-state index in [1.807, 2.05) is 25.2 Å². The number of Topliss-reactive ketones (excluding diaryl/α,β-unsaturated/α-hetero) is 1. The quantitative estimate of drug-likeness (QED) is 0.320. The predicted molar refractivity (Wildman–Crippen MR) is 111 cm³/mol. The lowest BCUT2D eigenvalue weighted by molar-refractivity contribution is -0.137. The zero-order chi connectivity index (χ0) is 21.1. The number of rotatable bonds is 13. The van der Waals surface area contributed by atoms with Gasteiger partial charge in [0.2, 0.25) is 0 Å². The summed E-state index contributed by atoms with van der Waals surface area (Å²) in [4.78, 5) is 23.1. The fourth-order valence-corrected chi connectivity index (χ4v) is 4.09. The third-order valence-electron chi connectivity index (χ3n) is 5.78. The van der Waals surface area contributed by atoms with Crippen molar-refractivity contribution in [3.63, 3.8) is 0 Å². The van der Waals surface area contributed by atoms with Crippen LogP contribution in [0.3, 0.4) is 0 Å². The van der Waals surface area contributed by atoms with Crippen LogP contribution in [0.4, 0.5) is 0 Å². The van der Waals surface area contributed by atoms with E-state index in [9.17, 15) is 19.8 Å². The summed E-state index contributed by atoms with van der Waals surface area (Å²) in [6.45, 7) is 5.82. The normalized spacial score (nSPS) is 26.9. The SMILES string of the molecule is CCCCCC[C@H](O)/C=C(\C)[C@H]1[C@H](O)C(C)C(=O)[C@@H]1C/C=C\CCCC(=O)O. The second-order valence-corrected chi connectivity index (χ2v) is 8.13. The average molecular weight is 395 g/mol. The minimum absolute atomic E-state index is 0.0675. The molecule has 1 aliphatic rings. The van der Waals surface area contributed by atoms with Gasteiger partial charge >= 0.3 is 5.97 Å². The van der Waals surface area contributed by atoms with Crippen molar-refractivity contribution in [2.75, 3.05) is 0 Å². The zero-order valence-corrected chi connectivity index (χ0v) is 17.6. The monoisotopic (exact) mass is 394 g/mol. The average Bonchev–Trinajstić information content (AvgIpc) is 2.85. The van der Waals surface area contributed by atoms with Gasteiger partial charge in [0.15, 0.2) is 0 Å². The Labute approximate surface area is 169 Å². The van der Waals surface area contributed by atoms with Crippen molar-refractivity contribution in [1.29, 1.82) is 0 Å². The highest BCUT2D eigenvalue weighted by Gasteiger charge is 2.46. The Hall–Kier alpha value is -1.46. The Bertz CT molecular complexity index is 551. The van der Waals surface area contributed by atoms with Gasteiger partial charge in [-0.2, -0.15) is 0 Å². The van der Waals surface area contributed by atoms with Gasteiger partial charge in [-0.1, -0.05) is 63.3 Å². The number of aliphatic hydroxyl groups is 2. The predicted octanol–water partition coefficient (Wildman–Crippen LogP) is 4.28. The van der Waals surface area contributed by atoms with Gasteiger partial charge < -0.3 is 15.3 Å². The first kappa shape index (κ1) is 24.6. The van der Waals surface area contributed by atoms with E-state index in [4.69, 9.17) is 5.11 Å². The maximum Gasteiger partial charge on any atom is 0.303 e. The Morgan fingerprint density at radius 2 is 1.89 bits per heavy atom. The minimum atomic E-state index is -0.801. The molecule has 5 heteroatoms. The highest BCUT2D eigenvalue weighted by atomic mass is 16.4. The van der Waals surface area contributed by atoms with Crippen LogP contribution in [-0.2, 0) is 9.59 Å². The second kappa shape index (κ2) is 12.9. The molecule has 0 saturated heterocycles. The van der Waals surface area contributed by atoms with Crippen molar-refractivity contribution in [2.24, 2.45) is 17.8 Å². The molecule has 0 heterocycles. The second-order valence-electron chi connectivity index (χ2n) is 8.13. The van der Waals surface area contributed by atoms with E-state index in [1.165, 1.54) is 6.42 Å². The van der Waals surface area contributed by atoms with Crippen molar-refractivity contribution in [2.45, 2.75) is 90.8 Å². The molecule has 0 aromatic heterocycles. The molecule has 0 spiro atoms. The summed E-state index contributed by atoms with van der Waals surface area (Å²) in [5.74, 6) is -1.69. The first-order valence-corrected chi connectivity index (χ1v) is 10.7. The molecule has 5 atom stereocenters. The van der Waals surface area contributed by atoms with Crippen LogP contribution in [0.5, 0.6) is 0 Å². The molecule has 0 radical (unpaired) electrons. The van der Waals surface area contributed by atoms with Gasteiger partial charge in [0.1, 0.15) is 5.78 Å². The van der Waals surface area contributed by atoms with Gasteiger partial charge in [-0.05, 0) is 32.6 Å². The maximum absolute atomic E-state index is 12.6. The fraction of sp³-hybridized carbons (Fsp3) is 0.739. The summed E-state index contributed by atoms with van der Waals surface area (Å²) in [6, 6.07) is 0. The summed E-state index contributed by atoms with van der Waals surface area (Å²) in [5.41, 5.74) is 0.887. The first-order chi connectivity index (χ1) is 13.3. The smallest absolute Gasteiger partial charge is 0.303 e. The number of carbonyl (C=O) groups excluding carboxylic acids is 1. The van der Waals surface area contributed by atoms with E-state index in [1.54, 1.807) is 6.92 Å². The molecule has 1 rings (SSSR count). The van der Waals surface area contributed by atoms with Crippen molar-refractivity contribution < 1.29 is 24.9 Å². The molecule has 1 fully saturated rings. The molecule has 1 unspecified atom stereocenters. The molecule has 0 bridgehead atoms. The number of aliphatic carboxylic acids is 1. The molecule has 28 heavy (non-hydrogen) atoms. The number of carboxylic acids is 1. The van der Waals surface area contributed by atoms with Crippen molar-refractivity contribution >= 4 is 11.8 Å². The zero-order valence-electron chi connectivity index (χ0n) is 17.6. The van der Waals surface area contributed by atoms with Crippen LogP contribution in [0.2, 0.25) is 0 Å². The van der Waals surface area contributed by atoms with Crippen LogP contribution in [0.15, 0.2) is 23.8 Å². The molecule has 1 aliphatic carbocycles. The molecule has 160 valence electrons. The minimum Gasteiger partial charge on any atom is -0.481 e. The van der Waals surface area contributed by atoms with Gasteiger partial charge in [0.25, 0.3) is 0 Å². The fourth-order valence-electron chi connectivity index (χ4n) is 4.09. The summed E-state index contributed by atoms with van der Waals surface area (Å²) >= 11 is 0. The Morgan fingerprint density at radius 1 is 1.18 bits per heavy atom. The highest BCUT2D eigenvalue weighted by Crippen LogP contribution is 2.40. The van der Waals surface area contributed by atoms with E-state index in [2.05, 4.69) is 6.92 Å². The van der Waals surface area contributed by atoms with Gasteiger partial charge in [-0.25, -0.2) is 0 Å². The van der Waals surface area contributed by atoms with Crippen LogP contribution < -0.4 is 0 Å². The van der Waals surface area contributed by atoms with Crippen molar-refractivity contribution in [1.82, 2.24) is 0 Å².